The molecule has 0 atom stereocenters. The van der Waals surface area contributed by atoms with E-state index >= 15 is 0 Å². The average molecular weight is 280 g/mol. The first kappa shape index (κ1) is 13.1. The molecule has 0 spiro atoms. The number of Topliss-reactive ketones (excluding diaryl/α,β-unsaturated/α-hetero) is 1. The molecular weight excluding hydrogens is 269 g/mol. The second kappa shape index (κ2) is 5.98. The highest BCUT2D eigenvalue weighted by atomic mass is 35.5. The smallest absolute Gasteiger partial charge is 0.141 e. The van der Waals surface area contributed by atoms with Crippen molar-refractivity contribution in [2.24, 2.45) is 0 Å². The lowest BCUT2D eigenvalue weighted by Crippen LogP contribution is -2.07. The molecule has 92 valence electrons. The van der Waals surface area contributed by atoms with Crippen LogP contribution in [0.4, 0.5) is 0 Å². The van der Waals surface area contributed by atoms with Crippen LogP contribution in [0.1, 0.15) is 11.1 Å². The summed E-state index contributed by atoms with van der Waals surface area (Å²) in [5.41, 5.74) is 1.72. The number of carbonyl (C=O) groups is 1. The topological polar surface area (TPSA) is 30.0 Å². The SMILES string of the molecule is O=C(Cc1ccncc1)Cc1cccc(Cl)c1Cl. The molecule has 4 heteroatoms. The number of ketones is 1. The van der Waals surface area contributed by atoms with Crippen molar-refractivity contribution < 1.29 is 4.79 Å². The Hall–Kier alpha value is -1.38. The van der Waals surface area contributed by atoms with Crippen LogP contribution in [-0.4, -0.2) is 10.8 Å². The van der Waals surface area contributed by atoms with E-state index < -0.39 is 0 Å². The minimum absolute atomic E-state index is 0.102. The van der Waals surface area contributed by atoms with Gasteiger partial charge in [-0.2, -0.15) is 0 Å². The van der Waals surface area contributed by atoms with Gasteiger partial charge in [0.15, 0.2) is 0 Å². The Bertz CT molecular complexity index is 555. The fourth-order valence-electron chi connectivity index (χ4n) is 1.69. The van der Waals surface area contributed by atoms with Gasteiger partial charge in [0.25, 0.3) is 0 Å². The van der Waals surface area contributed by atoms with Crippen LogP contribution in [0.3, 0.4) is 0 Å². The highest BCUT2D eigenvalue weighted by molar-refractivity contribution is 6.42. The summed E-state index contributed by atoms with van der Waals surface area (Å²) in [5.74, 6) is 0.102. The van der Waals surface area contributed by atoms with Crippen LogP contribution in [0.15, 0.2) is 42.7 Å². The molecule has 0 aliphatic heterocycles. The highest BCUT2D eigenvalue weighted by Crippen LogP contribution is 2.26. The summed E-state index contributed by atoms with van der Waals surface area (Å²) in [6.45, 7) is 0. The van der Waals surface area contributed by atoms with E-state index in [0.717, 1.165) is 11.1 Å². The van der Waals surface area contributed by atoms with E-state index in [4.69, 9.17) is 23.2 Å². The Morgan fingerprint density at radius 2 is 1.78 bits per heavy atom. The predicted molar refractivity (Wildman–Crippen MR) is 73.1 cm³/mol. The van der Waals surface area contributed by atoms with Gasteiger partial charge < -0.3 is 0 Å². The second-order valence-corrected chi connectivity index (χ2v) is 4.75. The van der Waals surface area contributed by atoms with Crippen molar-refractivity contribution in [3.63, 3.8) is 0 Å². The van der Waals surface area contributed by atoms with E-state index in [-0.39, 0.29) is 5.78 Å². The maximum Gasteiger partial charge on any atom is 0.141 e. The number of rotatable bonds is 4. The summed E-state index contributed by atoms with van der Waals surface area (Å²) in [5, 5.41) is 0.938. The molecule has 0 unspecified atom stereocenters. The molecule has 0 aliphatic carbocycles. The molecular formula is C14H11Cl2NO. The van der Waals surface area contributed by atoms with E-state index in [1.54, 1.807) is 24.5 Å². The standard InChI is InChI=1S/C14H11Cl2NO/c15-13-3-1-2-11(14(13)16)9-12(18)8-10-4-6-17-7-5-10/h1-7H,8-9H2. The van der Waals surface area contributed by atoms with Gasteiger partial charge >= 0.3 is 0 Å². The lowest BCUT2D eigenvalue weighted by molar-refractivity contribution is -0.117. The van der Waals surface area contributed by atoms with Gasteiger partial charge in [-0.1, -0.05) is 35.3 Å². The van der Waals surface area contributed by atoms with Crippen LogP contribution in [0.5, 0.6) is 0 Å². The van der Waals surface area contributed by atoms with Gasteiger partial charge in [-0.15, -0.1) is 0 Å². The lowest BCUT2D eigenvalue weighted by Gasteiger charge is -2.05. The molecule has 0 amide bonds. The fraction of sp³-hybridized carbons (Fsp3) is 0.143. The number of benzene rings is 1. The van der Waals surface area contributed by atoms with E-state index in [2.05, 4.69) is 4.98 Å². The van der Waals surface area contributed by atoms with Crippen LogP contribution in [0, 0.1) is 0 Å². The summed E-state index contributed by atoms with van der Waals surface area (Å²) in [4.78, 5) is 15.8. The van der Waals surface area contributed by atoms with Crippen molar-refractivity contribution in [3.05, 3.63) is 63.9 Å². The zero-order valence-electron chi connectivity index (χ0n) is 9.57. The Kier molecular flexibility index (Phi) is 4.34. The highest BCUT2D eigenvalue weighted by Gasteiger charge is 2.10. The third kappa shape index (κ3) is 3.31. The van der Waals surface area contributed by atoms with Crippen molar-refractivity contribution >= 4 is 29.0 Å². The van der Waals surface area contributed by atoms with E-state index in [9.17, 15) is 4.79 Å². The van der Waals surface area contributed by atoms with Crippen molar-refractivity contribution in [1.82, 2.24) is 4.98 Å². The van der Waals surface area contributed by atoms with Crippen LogP contribution in [-0.2, 0) is 17.6 Å². The first-order valence-corrected chi connectivity index (χ1v) is 6.26. The number of aromatic nitrogens is 1. The molecule has 0 radical (unpaired) electrons. The van der Waals surface area contributed by atoms with Crippen molar-refractivity contribution in [2.75, 3.05) is 0 Å². The molecule has 2 nitrogen and oxygen atoms in total. The Morgan fingerprint density at radius 3 is 2.50 bits per heavy atom. The van der Waals surface area contributed by atoms with E-state index in [1.165, 1.54) is 0 Å². The van der Waals surface area contributed by atoms with E-state index in [0.29, 0.717) is 22.9 Å². The number of pyridine rings is 1. The summed E-state index contributed by atoms with van der Waals surface area (Å²) in [6.07, 6.45) is 4.02. The second-order valence-electron chi connectivity index (χ2n) is 3.96. The molecule has 1 heterocycles. The Labute approximate surface area is 116 Å². The minimum atomic E-state index is 0.102. The maximum atomic E-state index is 11.9. The molecule has 1 aromatic carbocycles. The molecule has 2 aromatic rings. The largest absolute Gasteiger partial charge is 0.299 e. The van der Waals surface area contributed by atoms with Crippen molar-refractivity contribution in [3.8, 4) is 0 Å². The maximum absolute atomic E-state index is 11.9. The van der Waals surface area contributed by atoms with Gasteiger partial charge in [0.1, 0.15) is 5.78 Å². The molecule has 1 aromatic heterocycles. The number of carbonyl (C=O) groups excluding carboxylic acids is 1. The number of hydrogen-bond acceptors (Lipinski definition) is 2. The average Bonchev–Trinajstić information content (AvgIpc) is 2.36. The molecule has 0 fully saturated rings. The van der Waals surface area contributed by atoms with Crippen molar-refractivity contribution in [1.29, 1.82) is 0 Å². The zero-order valence-corrected chi connectivity index (χ0v) is 11.1. The summed E-state index contributed by atoms with van der Waals surface area (Å²) in [6, 6.07) is 8.98. The molecule has 0 bridgehead atoms. The molecule has 0 saturated carbocycles. The summed E-state index contributed by atoms with van der Waals surface area (Å²) in [7, 11) is 0. The normalized spacial score (nSPS) is 10.3. The molecule has 2 rings (SSSR count). The fourth-order valence-corrected chi connectivity index (χ4v) is 2.08. The van der Waals surface area contributed by atoms with Crippen LogP contribution in [0.25, 0.3) is 0 Å². The molecule has 0 N–H and O–H groups in total. The molecule has 18 heavy (non-hydrogen) atoms. The number of nitrogens with zero attached hydrogens (tertiary/aromatic N) is 1. The minimum Gasteiger partial charge on any atom is -0.299 e. The molecule has 0 aliphatic rings. The number of halogens is 2. The van der Waals surface area contributed by atoms with Crippen molar-refractivity contribution in [2.45, 2.75) is 12.8 Å². The van der Waals surface area contributed by atoms with Gasteiger partial charge in [0, 0.05) is 25.2 Å². The quantitative estimate of drug-likeness (QED) is 0.853. The third-order valence-corrected chi connectivity index (χ3v) is 3.43. The van der Waals surface area contributed by atoms with Crippen LogP contribution in [0.2, 0.25) is 10.0 Å². The monoisotopic (exact) mass is 279 g/mol. The first-order chi connectivity index (χ1) is 8.66. The zero-order chi connectivity index (χ0) is 13.0. The van der Waals surface area contributed by atoms with Crippen LogP contribution >= 0.6 is 23.2 Å². The summed E-state index contributed by atoms with van der Waals surface area (Å²) >= 11 is 12.0. The Balaban J connectivity index is 2.06. The van der Waals surface area contributed by atoms with Gasteiger partial charge in [-0.05, 0) is 29.3 Å². The van der Waals surface area contributed by atoms with Gasteiger partial charge in [-0.3, -0.25) is 9.78 Å². The molecule has 0 saturated heterocycles. The lowest BCUT2D eigenvalue weighted by atomic mass is 10.0. The van der Waals surface area contributed by atoms with Gasteiger partial charge in [0.2, 0.25) is 0 Å². The van der Waals surface area contributed by atoms with Gasteiger partial charge in [-0.25, -0.2) is 0 Å². The predicted octanol–water partition coefficient (Wildman–Crippen LogP) is 3.74. The number of hydrogen-bond donors (Lipinski definition) is 0. The third-order valence-electron chi connectivity index (χ3n) is 2.57. The van der Waals surface area contributed by atoms with Gasteiger partial charge in [0.05, 0.1) is 10.0 Å². The first-order valence-electron chi connectivity index (χ1n) is 5.50. The Morgan fingerprint density at radius 1 is 1.06 bits per heavy atom. The summed E-state index contributed by atoms with van der Waals surface area (Å²) < 4.78 is 0. The van der Waals surface area contributed by atoms with E-state index in [1.807, 2.05) is 18.2 Å². The van der Waals surface area contributed by atoms with Crippen LogP contribution < -0.4 is 0 Å².